The summed E-state index contributed by atoms with van der Waals surface area (Å²) < 4.78 is 0.618. The minimum absolute atomic E-state index is 0.353. The van der Waals surface area contributed by atoms with E-state index in [0.717, 1.165) is 5.30 Å². The average molecular weight is 159 g/mol. The SMILES string of the molecule is Nc1ncc(P)c(=S)[nH]1. The fourth-order valence-electron chi connectivity index (χ4n) is 0.418. The van der Waals surface area contributed by atoms with Crippen molar-refractivity contribution in [3.05, 3.63) is 10.8 Å². The van der Waals surface area contributed by atoms with Crippen molar-refractivity contribution in [3.8, 4) is 0 Å². The van der Waals surface area contributed by atoms with Crippen LogP contribution in [0.5, 0.6) is 0 Å². The third-order valence-corrected chi connectivity index (χ3v) is 1.83. The molecule has 1 atom stereocenters. The van der Waals surface area contributed by atoms with Crippen molar-refractivity contribution in [1.82, 2.24) is 9.97 Å². The number of hydrogen-bond donors (Lipinski definition) is 2. The van der Waals surface area contributed by atoms with Gasteiger partial charge in [-0.15, -0.1) is 9.24 Å². The highest BCUT2D eigenvalue weighted by atomic mass is 32.1. The topological polar surface area (TPSA) is 54.7 Å². The predicted octanol–water partition coefficient (Wildman–Crippen LogP) is 0.222. The number of nitrogens with one attached hydrogen (secondary N) is 1. The molecule has 5 heteroatoms. The lowest BCUT2D eigenvalue weighted by atomic mass is 10.7. The van der Waals surface area contributed by atoms with Crippen LogP contribution in [-0.4, -0.2) is 9.97 Å². The molecule has 9 heavy (non-hydrogen) atoms. The molecule has 0 saturated heterocycles. The zero-order valence-electron chi connectivity index (χ0n) is 4.59. The van der Waals surface area contributed by atoms with Crippen molar-refractivity contribution in [2.45, 2.75) is 0 Å². The zero-order chi connectivity index (χ0) is 6.85. The Hall–Kier alpha value is -0.470. The summed E-state index contributed by atoms with van der Waals surface area (Å²) in [5.74, 6) is 0.353. The van der Waals surface area contributed by atoms with E-state index in [1.54, 1.807) is 6.20 Å². The molecule has 0 aliphatic carbocycles. The van der Waals surface area contributed by atoms with Crippen LogP contribution in [0.25, 0.3) is 0 Å². The monoisotopic (exact) mass is 159 g/mol. The molecule has 1 rings (SSSR count). The van der Waals surface area contributed by atoms with Crippen molar-refractivity contribution in [3.63, 3.8) is 0 Å². The molecule has 1 aromatic heterocycles. The normalized spacial score (nSPS) is 9.44. The fraction of sp³-hybridized carbons (Fsp3) is 0. The molecule has 0 amide bonds. The summed E-state index contributed by atoms with van der Waals surface area (Å²) in [4.78, 5) is 6.47. The number of rotatable bonds is 0. The molecule has 0 aromatic carbocycles. The first-order valence-electron chi connectivity index (χ1n) is 2.30. The smallest absolute Gasteiger partial charge is 0.198 e. The second kappa shape index (κ2) is 2.42. The van der Waals surface area contributed by atoms with E-state index in [-0.39, 0.29) is 0 Å². The number of aromatic amines is 1. The number of nitrogens with zero attached hydrogens (tertiary/aromatic N) is 1. The lowest BCUT2D eigenvalue weighted by molar-refractivity contribution is 1.19. The van der Waals surface area contributed by atoms with Gasteiger partial charge < -0.3 is 10.7 Å². The fourth-order valence-corrected chi connectivity index (χ4v) is 0.722. The molecule has 0 bridgehead atoms. The van der Waals surface area contributed by atoms with Gasteiger partial charge in [-0.1, -0.05) is 12.2 Å². The minimum Gasteiger partial charge on any atom is -0.369 e. The van der Waals surface area contributed by atoms with Crippen molar-refractivity contribution < 1.29 is 0 Å². The predicted molar refractivity (Wildman–Crippen MR) is 43.2 cm³/mol. The first kappa shape index (κ1) is 6.65. The van der Waals surface area contributed by atoms with E-state index in [1.807, 2.05) is 0 Å². The van der Waals surface area contributed by atoms with Crippen molar-refractivity contribution in [2.24, 2.45) is 0 Å². The highest BCUT2D eigenvalue weighted by Gasteiger charge is 1.87. The molecule has 0 fully saturated rings. The van der Waals surface area contributed by atoms with Gasteiger partial charge in [-0.25, -0.2) is 4.98 Å². The van der Waals surface area contributed by atoms with Crippen LogP contribution in [0.3, 0.4) is 0 Å². The third-order valence-electron chi connectivity index (χ3n) is 0.847. The van der Waals surface area contributed by atoms with Gasteiger partial charge in [0, 0.05) is 11.5 Å². The number of H-pyrrole nitrogens is 1. The number of anilines is 1. The maximum Gasteiger partial charge on any atom is 0.198 e. The van der Waals surface area contributed by atoms with Gasteiger partial charge in [-0.05, 0) is 0 Å². The van der Waals surface area contributed by atoms with Crippen LogP contribution in [0.4, 0.5) is 5.95 Å². The summed E-state index contributed by atoms with van der Waals surface area (Å²) in [5.41, 5.74) is 5.28. The molecule has 0 aliphatic heterocycles. The van der Waals surface area contributed by atoms with Crippen LogP contribution in [0, 0.1) is 4.64 Å². The molecule has 1 heterocycles. The van der Waals surface area contributed by atoms with Crippen molar-refractivity contribution >= 4 is 32.7 Å². The van der Waals surface area contributed by atoms with Crippen LogP contribution in [0.15, 0.2) is 6.20 Å². The summed E-state index contributed by atoms with van der Waals surface area (Å²) in [6.07, 6.45) is 1.61. The van der Waals surface area contributed by atoms with E-state index in [4.69, 9.17) is 18.0 Å². The molecular formula is C4H6N3PS. The molecular weight excluding hydrogens is 153 g/mol. The van der Waals surface area contributed by atoms with Gasteiger partial charge in [-0.2, -0.15) is 0 Å². The van der Waals surface area contributed by atoms with E-state index in [1.165, 1.54) is 0 Å². The third kappa shape index (κ3) is 1.47. The van der Waals surface area contributed by atoms with Gasteiger partial charge in [-0.3, -0.25) is 0 Å². The van der Waals surface area contributed by atoms with E-state index in [0.29, 0.717) is 10.6 Å². The summed E-state index contributed by atoms with van der Waals surface area (Å²) in [5, 5.41) is 0.860. The van der Waals surface area contributed by atoms with Crippen LogP contribution >= 0.6 is 21.5 Å². The molecule has 3 N–H and O–H groups in total. The van der Waals surface area contributed by atoms with E-state index >= 15 is 0 Å². The second-order valence-corrected chi connectivity index (χ2v) is 2.58. The molecule has 0 spiro atoms. The Kier molecular flexibility index (Phi) is 1.78. The van der Waals surface area contributed by atoms with Crippen LogP contribution < -0.4 is 11.0 Å². The van der Waals surface area contributed by atoms with Gasteiger partial charge >= 0.3 is 0 Å². The first-order valence-corrected chi connectivity index (χ1v) is 3.29. The Morgan fingerprint density at radius 2 is 2.44 bits per heavy atom. The summed E-state index contributed by atoms with van der Waals surface area (Å²) in [6.45, 7) is 0. The lowest BCUT2D eigenvalue weighted by Gasteiger charge is -1.92. The molecule has 48 valence electrons. The summed E-state index contributed by atoms with van der Waals surface area (Å²) in [6, 6.07) is 0. The maximum atomic E-state index is 5.28. The van der Waals surface area contributed by atoms with E-state index in [2.05, 4.69) is 19.2 Å². The maximum absolute atomic E-state index is 5.28. The summed E-state index contributed by atoms with van der Waals surface area (Å²) >= 11 is 4.84. The Balaban J connectivity index is 3.34. The van der Waals surface area contributed by atoms with E-state index < -0.39 is 0 Å². The van der Waals surface area contributed by atoms with Gasteiger partial charge in [0.25, 0.3) is 0 Å². The van der Waals surface area contributed by atoms with Crippen LogP contribution in [0.2, 0.25) is 0 Å². The zero-order valence-corrected chi connectivity index (χ0v) is 6.56. The van der Waals surface area contributed by atoms with Gasteiger partial charge in [0.05, 0.1) is 0 Å². The van der Waals surface area contributed by atoms with E-state index in [9.17, 15) is 0 Å². The average Bonchev–Trinajstić information content (AvgIpc) is 1.80. The first-order chi connectivity index (χ1) is 4.20. The van der Waals surface area contributed by atoms with Gasteiger partial charge in [0.15, 0.2) is 5.95 Å². The molecule has 0 aliphatic rings. The lowest BCUT2D eigenvalue weighted by Crippen LogP contribution is -2.02. The molecule has 0 saturated carbocycles. The minimum atomic E-state index is 0.353. The van der Waals surface area contributed by atoms with Gasteiger partial charge in [0.2, 0.25) is 0 Å². The van der Waals surface area contributed by atoms with Crippen molar-refractivity contribution in [1.29, 1.82) is 0 Å². The number of hydrogen-bond acceptors (Lipinski definition) is 3. The van der Waals surface area contributed by atoms with Gasteiger partial charge in [0.1, 0.15) is 4.64 Å². The molecule has 0 radical (unpaired) electrons. The number of aromatic nitrogens is 2. The number of nitrogen functional groups attached to an aromatic ring is 1. The van der Waals surface area contributed by atoms with Crippen LogP contribution in [0.1, 0.15) is 0 Å². The Morgan fingerprint density at radius 3 is 2.89 bits per heavy atom. The number of nitrogens with two attached hydrogens (primary N) is 1. The Labute approximate surface area is 59.9 Å². The highest BCUT2D eigenvalue weighted by Crippen LogP contribution is 1.91. The summed E-state index contributed by atoms with van der Waals surface area (Å²) in [7, 11) is 2.46. The Morgan fingerprint density at radius 1 is 1.78 bits per heavy atom. The second-order valence-electron chi connectivity index (χ2n) is 1.55. The highest BCUT2D eigenvalue weighted by molar-refractivity contribution is 7.71. The largest absolute Gasteiger partial charge is 0.369 e. The Bertz CT molecular complexity index is 269. The molecule has 3 nitrogen and oxygen atoms in total. The van der Waals surface area contributed by atoms with Crippen LogP contribution in [-0.2, 0) is 0 Å². The van der Waals surface area contributed by atoms with Crippen molar-refractivity contribution in [2.75, 3.05) is 5.73 Å². The molecule has 1 unspecified atom stereocenters. The molecule has 1 aromatic rings. The quantitative estimate of drug-likeness (QED) is 0.420. The standard InChI is InChI=1S/C4H6N3PS/c5-4-6-1-2(8)3(9)7-4/h1H,8H2,(H3,5,6,7,9).